The van der Waals surface area contributed by atoms with E-state index in [1.54, 1.807) is 24.8 Å². The third-order valence-corrected chi connectivity index (χ3v) is 37.2. The van der Waals surface area contributed by atoms with Crippen LogP contribution >= 0.6 is 0 Å². The van der Waals surface area contributed by atoms with Crippen molar-refractivity contribution >= 4 is 5.91 Å². The SMILES string of the molecule is CC(C)CCC[C@@H](C)[C@H]1CC[C@H]2[C@@H]3CC=C4CC(O)CC[C@]4(C)[C@H]3CC[C@]12C.CC(C)[C@H]1CC[C@H]2[C@H](CC[C@H]3[C@@](C)(CO)CCC[C@]23C)C1.CC(c1ccccc1)c1ccccc1.CC1(C)C2CCC1(C)C(O)C2.CCCN1CCCC1=O.CC[C@@]1(C)CCC[C@@]2(C)C3CCC(C(C)C)CC3CCC12.CCc1ccccc1. The molecule has 632 valence electrons. The third-order valence-electron chi connectivity index (χ3n) is 37.2. The number of benzene rings is 3. The number of aliphatic hydroxyl groups is 3. The van der Waals surface area contributed by atoms with Crippen molar-refractivity contribution in [2.75, 3.05) is 19.7 Å². The van der Waals surface area contributed by atoms with Gasteiger partial charge in [-0.1, -0.05) is 280 Å². The lowest BCUT2D eigenvalue weighted by Gasteiger charge is -2.62. The first kappa shape index (κ1) is 91.1. The highest BCUT2D eigenvalue weighted by Crippen LogP contribution is 2.70. The molecule has 12 aliphatic carbocycles. The van der Waals surface area contributed by atoms with Gasteiger partial charge in [0, 0.05) is 32.0 Å². The molecule has 23 atom stereocenters. The zero-order valence-corrected chi connectivity index (χ0v) is 76.4. The molecule has 11 saturated carbocycles. The summed E-state index contributed by atoms with van der Waals surface area (Å²) in [5.74, 6) is 16.6. The van der Waals surface area contributed by atoms with E-state index in [9.17, 15) is 20.1 Å². The Balaban J connectivity index is 0.000000144. The standard InChI is InChI=1S/C27H46O.C21H38.C20H36O.C14H14.C10H18O.C8H10.C7H13NO/c1-18(2)7-6-8-19(3)23-11-12-24-22-10-9-20-17-21(28)13-15-26(20,4)25(22)14-16-27(23,24)5;1-6-20(4)12-7-13-21(5)18-10-8-16(15(2)3)14-17(18)9-11-19(20)21;1-14(2)15-6-8-17-16(12-15)7-9-18-19(3,13-21)10-5-11-20(17,18)4;1-12(13-8-4-2-5-9-13)14-10-6-3-7-11-14;1-9(2)7-4-5-10(9,3)8(11)6-7;1-2-8-6-4-3-5-7-8;1-2-5-8-6-3-4-7(8)9/h9,18-19,21-25,28H,6-8,10-17H2,1-5H3;15-19H,6-14H2,1-5H3;14-18,21H,5-13H2,1-4H3;2-12H,1H3;7-8,11H,4-6H2,1-3H3;3-7H,2H2,1H3;2-6H2,1H3/t19-,21?,22+,23-,24+,25+,26+,27-;16?,17?,18?,19?,20-,21-;15-,16+,17-,18-,19+,20+;;;;/m100..../s1. The van der Waals surface area contributed by atoms with Gasteiger partial charge in [-0.15, -0.1) is 0 Å². The van der Waals surface area contributed by atoms with E-state index < -0.39 is 0 Å². The van der Waals surface area contributed by atoms with E-state index in [1.807, 2.05) is 11.0 Å². The van der Waals surface area contributed by atoms with Crippen molar-refractivity contribution in [2.24, 2.45) is 144 Å². The van der Waals surface area contributed by atoms with Crippen LogP contribution in [-0.4, -0.2) is 58.0 Å². The highest BCUT2D eigenvalue weighted by molar-refractivity contribution is 5.78. The fraction of sp³-hybridized carbons (Fsp3) is 0.804. The highest BCUT2D eigenvalue weighted by atomic mass is 16.3. The molecule has 3 N–H and O–H groups in total. The Hall–Kier alpha value is -3.25. The summed E-state index contributed by atoms with van der Waals surface area (Å²) in [7, 11) is 0. The number of amides is 1. The van der Waals surface area contributed by atoms with Crippen LogP contribution in [0.1, 0.15) is 379 Å². The summed E-state index contributed by atoms with van der Waals surface area (Å²) >= 11 is 0. The van der Waals surface area contributed by atoms with Crippen LogP contribution in [0.2, 0.25) is 0 Å². The van der Waals surface area contributed by atoms with Gasteiger partial charge < -0.3 is 20.2 Å². The molecule has 0 spiro atoms. The van der Waals surface area contributed by atoms with Crippen molar-refractivity contribution < 1.29 is 20.1 Å². The molecular weight excluding hydrogens is 1360 g/mol. The molecule has 3 aromatic rings. The number of fused-ring (bicyclic) bond motifs is 13. The summed E-state index contributed by atoms with van der Waals surface area (Å²) in [5, 5.41) is 30.0. The minimum absolute atomic E-state index is 0.0313. The van der Waals surface area contributed by atoms with Crippen molar-refractivity contribution in [2.45, 2.75) is 381 Å². The quantitative estimate of drug-likeness (QED) is 0.141. The number of allylic oxidation sites excluding steroid dienone is 1. The Morgan fingerprint density at radius 3 is 1.52 bits per heavy atom. The van der Waals surface area contributed by atoms with Crippen LogP contribution in [0.25, 0.3) is 0 Å². The molecule has 16 rings (SSSR count). The number of rotatable bonds is 14. The summed E-state index contributed by atoms with van der Waals surface area (Å²) in [6, 6.07) is 31.6. The smallest absolute Gasteiger partial charge is 0.222 e. The van der Waals surface area contributed by atoms with Gasteiger partial charge in [-0.2, -0.15) is 0 Å². The fourth-order valence-corrected chi connectivity index (χ4v) is 29.3. The van der Waals surface area contributed by atoms with E-state index in [1.165, 1.54) is 177 Å². The molecule has 0 radical (unpaired) electrons. The van der Waals surface area contributed by atoms with Crippen LogP contribution in [-0.2, 0) is 11.2 Å². The summed E-state index contributed by atoms with van der Waals surface area (Å²) in [6.45, 7) is 50.8. The van der Waals surface area contributed by atoms with Gasteiger partial charge in [-0.3, -0.25) is 4.79 Å². The predicted molar refractivity (Wildman–Crippen MR) is 478 cm³/mol. The lowest BCUT2D eigenvalue weighted by molar-refractivity contribution is -0.135. The Morgan fingerprint density at radius 1 is 0.518 bits per heavy atom. The summed E-state index contributed by atoms with van der Waals surface area (Å²) in [4.78, 5) is 12.8. The van der Waals surface area contributed by atoms with Gasteiger partial charge in [0.05, 0.1) is 12.2 Å². The average molecular weight is 1540 g/mol. The zero-order chi connectivity index (χ0) is 81.2. The average Bonchev–Trinajstić information content (AvgIpc) is 1.27. The molecule has 1 saturated heterocycles. The summed E-state index contributed by atoms with van der Waals surface area (Å²) < 4.78 is 0. The number of aryl methyl sites for hydroxylation is 1. The first-order chi connectivity index (χ1) is 53.2. The second kappa shape index (κ2) is 39.3. The maximum absolute atomic E-state index is 10.9. The molecule has 8 unspecified atom stereocenters. The van der Waals surface area contributed by atoms with Gasteiger partial charge in [0.25, 0.3) is 0 Å². The lowest BCUT2D eigenvalue weighted by atomic mass is 9.43. The second-order valence-corrected chi connectivity index (χ2v) is 44.3. The number of aliphatic hydroxyl groups excluding tert-OH is 3. The van der Waals surface area contributed by atoms with Crippen molar-refractivity contribution in [1.82, 2.24) is 4.90 Å². The van der Waals surface area contributed by atoms with E-state index in [0.29, 0.717) is 50.9 Å². The van der Waals surface area contributed by atoms with Crippen molar-refractivity contribution in [3.63, 3.8) is 0 Å². The maximum atomic E-state index is 10.9. The van der Waals surface area contributed by atoms with Crippen LogP contribution in [0.4, 0.5) is 0 Å². The van der Waals surface area contributed by atoms with Gasteiger partial charge in [0.1, 0.15) is 0 Å². The second-order valence-electron chi connectivity index (χ2n) is 44.3. The molecular formula is C107H175NO4. The molecule has 112 heavy (non-hydrogen) atoms. The van der Waals surface area contributed by atoms with Crippen molar-refractivity contribution in [3.8, 4) is 0 Å². The molecule has 5 heteroatoms. The number of carbonyl (C=O) groups is 1. The summed E-state index contributed by atoms with van der Waals surface area (Å²) in [6.07, 6.45) is 49.6. The normalized spacial score (nSPS) is 39.3. The number of hydrogen-bond donors (Lipinski definition) is 3. The van der Waals surface area contributed by atoms with Crippen LogP contribution in [0.3, 0.4) is 0 Å². The van der Waals surface area contributed by atoms with Crippen LogP contribution in [0.5, 0.6) is 0 Å². The van der Waals surface area contributed by atoms with Gasteiger partial charge >= 0.3 is 0 Å². The van der Waals surface area contributed by atoms with E-state index in [2.05, 4.69) is 229 Å². The van der Waals surface area contributed by atoms with Crippen LogP contribution < -0.4 is 0 Å². The van der Waals surface area contributed by atoms with Gasteiger partial charge in [-0.05, 0) is 340 Å². The minimum atomic E-state index is -0.0766. The van der Waals surface area contributed by atoms with Gasteiger partial charge in [0.2, 0.25) is 5.91 Å². The Labute approximate surface area is 691 Å². The van der Waals surface area contributed by atoms with Crippen molar-refractivity contribution in [3.05, 3.63) is 119 Å². The maximum Gasteiger partial charge on any atom is 0.222 e. The number of nitrogens with zero attached hydrogens (tertiary/aromatic N) is 1. The van der Waals surface area contributed by atoms with E-state index in [0.717, 1.165) is 159 Å². The molecule has 12 fully saturated rings. The zero-order valence-electron chi connectivity index (χ0n) is 76.4. The monoisotopic (exact) mass is 1540 g/mol. The van der Waals surface area contributed by atoms with E-state index in [-0.39, 0.29) is 23.0 Å². The third kappa shape index (κ3) is 19.9. The first-order valence-corrected chi connectivity index (χ1v) is 48.3. The Morgan fingerprint density at radius 2 is 1.06 bits per heavy atom. The molecule has 1 heterocycles. The molecule has 3 aromatic carbocycles. The molecule has 5 nitrogen and oxygen atoms in total. The van der Waals surface area contributed by atoms with Gasteiger partial charge in [0.15, 0.2) is 0 Å². The van der Waals surface area contributed by atoms with Crippen LogP contribution in [0.15, 0.2) is 103 Å². The molecule has 1 aliphatic heterocycles. The van der Waals surface area contributed by atoms with Gasteiger partial charge in [-0.25, -0.2) is 0 Å². The highest BCUT2D eigenvalue weighted by Gasteiger charge is 2.63. The molecule has 13 aliphatic rings. The van der Waals surface area contributed by atoms with Crippen molar-refractivity contribution in [1.29, 1.82) is 0 Å². The Bertz CT molecular complexity index is 3230. The number of likely N-dealkylation sites (tertiary alicyclic amines) is 1. The fourth-order valence-electron chi connectivity index (χ4n) is 29.3. The van der Waals surface area contributed by atoms with E-state index in [4.69, 9.17) is 0 Å². The van der Waals surface area contributed by atoms with Crippen LogP contribution in [0, 0.1) is 144 Å². The first-order valence-electron chi connectivity index (χ1n) is 48.3. The lowest BCUT2D eigenvalue weighted by Crippen LogP contribution is -2.54. The largest absolute Gasteiger partial charge is 0.396 e. The minimum Gasteiger partial charge on any atom is -0.396 e. The number of carbonyl (C=O) groups excluding carboxylic acids is 1. The topological polar surface area (TPSA) is 81.0 Å². The summed E-state index contributed by atoms with van der Waals surface area (Å²) in [5.41, 5.74) is 9.40. The number of hydrogen-bond acceptors (Lipinski definition) is 4. The predicted octanol–water partition coefficient (Wildman–Crippen LogP) is 28.7. The molecule has 0 aromatic heterocycles. The molecule has 2 bridgehead atoms. The Kier molecular flexibility index (Phi) is 32.0. The molecule has 1 amide bonds. The van der Waals surface area contributed by atoms with E-state index >= 15 is 0 Å².